The van der Waals surface area contributed by atoms with E-state index < -0.39 is 5.41 Å². The van der Waals surface area contributed by atoms with Crippen LogP contribution in [-0.2, 0) is 20.7 Å². The van der Waals surface area contributed by atoms with Gasteiger partial charge in [0, 0.05) is 0 Å². The molecule has 0 N–H and O–H groups in total. The maximum atomic E-state index is 12.1. The topological polar surface area (TPSA) is 44.8 Å². The molecule has 134 valence electrons. The summed E-state index contributed by atoms with van der Waals surface area (Å²) in [5.74, 6) is 0.734. The van der Waals surface area contributed by atoms with Gasteiger partial charge >= 0.3 is 5.97 Å². The lowest BCUT2D eigenvalue weighted by Gasteiger charge is -2.29. The molecule has 0 spiro atoms. The second-order valence-electron chi connectivity index (χ2n) is 8.39. The smallest absolute Gasteiger partial charge is 0.311 e. The lowest BCUT2D eigenvalue weighted by molar-refractivity contribution is -0.162. The number of hydrogen-bond acceptors (Lipinski definition) is 4. The molecular formula is C20H30O4. The number of hydrogen-bond donors (Lipinski definition) is 0. The van der Waals surface area contributed by atoms with Crippen molar-refractivity contribution < 1.29 is 19.0 Å². The molecule has 1 aromatic carbocycles. The maximum Gasteiger partial charge on any atom is 0.311 e. The summed E-state index contributed by atoms with van der Waals surface area (Å²) in [5.41, 5.74) is 1.38. The molecule has 0 radical (unpaired) electrons. The highest BCUT2D eigenvalue weighted by Crippen LogP contribution is 2.31. The minimum atomic E-state index is -0.518. The van der Waals surface area contributed by atoms with E-state index in [1.807, 2.05) is 53.7 Å². The first-order chi connectivity index (χ1) is 11.1. The largest absolute Gasteiger partial charge is 0.493 e. The van der Waals surface area contributed by atoms with Gasteiger partial charge in [-0.1, -0.05) is 6.07 Å². The number of carbonyl (C=O) groups is 1. The molecule has 2 rings (SSSR count). The summed E-state index contributed by atoms with van der Waals surface area (Å²) < 4.78 is 17.4. The SMILES string of the molecule is CC(C)(C)O[C@H](COC(=O)C(C)(C)C)c1ccc2c(c1)CCCO2. The summed E-state index contributed by atoms with van der Waals surface area (Å²) in [4.78, 5) is 12.1. The third-order valence-electron chi connectivity index (χ3n) is 3.78. The Kier molecular flexibility index (Phi) is 5.59. The second-order valence-corrected chi connectivity index (χ2v) is 8.39. The molecule has 0 unspecified atom stereocenters. The number of fused-ring (bicyclic) bond motifs is 1. The van der Waals surface area contributed by atoms with Gasteiger partial charge in [-0.25, -0.2) is 0 Å². The van der Waals surface area contributed by atoms with E-state index in [-0.39, 0.29) is 24.3 Å². The van der Waals surface area contributed by atoms with E-state index in [1.165, 1.54) is 5.56 Å². The summed E-state index contributed by atoms with van der Waals surface area (Å²) in [6.07, 6.45) is 1.75. The highest BCUT2D eigenvalue weighted by Gasteiger charge is 2.27. The van der Waals surface area contributed by atoms with E-state index >= 15 is 0 Å². The standard InChI is InChI=1S/C20H30O4/c1-19(2,3)18(21)23-13-17(24-20(4,5)6)15-9-10-16-14(12-15)8-7-11-22-16/h9-10,12,17H,7-8,11,13H2,1-6H3/t17-/m1/s1. The van der Waals surface area contributed by atoms with Gasteiger partial charge in [-0.05, 0) is 77.6 Å². The fourth-order valence-electron chi connectivity index (χ4n) is 2.57. The molecule has 0 fully saturated rings. The van der Waals surface area contributed by atoms with Crippen molar-refractivity contribution >= 4 is 5.97 Å². The number of rotatable bonds is 4. The van der Waals surface area contributed by atoms with Crippen molar-refractivity contribution in [1.82, 2.24) is 0 Å². The van der Waals surface area contributed by atoms with Gasteiger partial charge in [0.05, 0.1) is 17.6 Å². The van der Waals surface area contributed by atoms with Gasteiger partial charge in [0.25, 0.3) is 0 Å². The van der Waals surface area contributed by atoms with Gasteiger partial charge < -0.3 is 14.2 Å². The van der Waals surface area contributed by atoms with Crippen LogP contribution >= 0.6 is 0 Å². The Labute approximate surface area is 145 Å². The molecule has 0 saturated heterocycles. The van der Waals surface area contributed by atoms with Crippen molar-refractivity contribution in [2.45, 2.75) is 66.1 Å². The van der Waals surface area contributed by atoms with Crippen LogP contribution in [0.5, 0.6) is 5.75 Å². The molecule has 24 heavy (non-hydrogen) atoms. The van der Waals surface area contributed by atoms with Gasteiger partial charge in [-0.15, -0.1) is 0 Å². The van der Waals surface area contributed by atoms with Crippen LogP contribution in [0.25, 0.3) is 0 Å². The third kappa shape index (κ3) is 5.23. The Morgan fingerprint density at radius 2 is 1.92 bits per heavy atom. The normalized spacial score (nSPS) is 16.1. The second kappa shape index (κ2) is 7.14. The molecule has 0 saturated carbocycles. The monoisotopic (exact) mass is 334 g/mol. The average Bonchev–Trinajstić information content (AvgIpc) is 2.48. The van der Waals surface area contributed by atoms with Crippen molar-refractivity contribution in [3.05, 3.63) is 29.3 Å². The van der Waals surface area contributed by atoms with E-state index in [9.17, 15) is 4.79 Å². The summed E-state index contributed by atoms with van der Waals surface area (Å²) in [6, 6.07) is 6.12. The Hall–Kier alpha value is -1.55. The summed E-state index contributed by atoms with van der Waals surface area (Å²) in [5, 5.41) is 0. The Morgan fingerprint density at radius 3 is 2.54 bits per heavy atom. The summed E-state index contributed by atoms with van der Waals surface area (Å²) >= 11 is 0. The van der Waals surface area contributed by atoms with Gasteiger partial charge in [-0.3, -0.25) is 4.79 Å². The Balaban J connectivity index is 2.18. The van der Waals surface area contributed by atoms with Gasteiger partial charge in [0.2, 0.25) is 0 Å². The van der Waals surface area contributed by atoms with E-state index in [2.05, 4.69) is 6.07 Å². The van der Waals surface area contributed by atoms with Crippen molar-refractivity contribution in [3.8, 4) is 5.75 Å². The number of ether oxygens (including phenoxy) is 3. The summed E-state index contributed by atoms with van der Waals surface area (Å²) in [7, 11) is 0. The third-order valence-corrected chi connectivity index (χ3v) is 3.78. The van der Waals surface area contributed by atoms with Crippen LogP contribution in [0.3, 0.4) is 0 Å². The van der Waals surface area contributed by atoms with Crippen molar-refractivity contribution in [1.29, 1.82) is 0 Å². The highest BCUT2D eigenvalue weighted by atomic mass is 16.6. The lowest BCUT2D eigenvalue weighted by atomic mass is 9.97. The Bertz CT molecular complexity index is 578. The average molecular weight is 334 g/mol. The van der Waals surface area contributed by atoms with Crippen molar-refractivity contribution in [2.75, 3.05) is 13.2 Å². The van der Waals surface area contributed by atoms with E-state index in [0.29, 0.717) is 0 Å². The number of aryl methyl sites for hydroxylation is 1. The van der Waals surface area contributed by atoms with E-state index in [4.69, 9.17) is 14.2 Å². The fraction of sp³-hybridized carbons (Fsp3) is 0.650. The van der Waals surface area contributed by atoms with E-state index in [1.54, 1.807) is 0 Å². The first kappa shape index (κ1) is 18.8. The molecule has 0 aliphatic carbocycles. The summed E-state index contributed by atoms with van der Waals surface area (Å²) in [6.45, 7) is 12.6. The molecular weight excluding hydrogens is 304 g/mol. The molecule has 0 amide bonds. The van der Waals surface area contributed by atoms with Gasteiger partial charge in [0.15, 0.2) is 0 Å². The van der Waals surface area contributed by atoms with Crippen LogP contribution in [0.15, 0.2) is 18.2 Å². The molecule has 1 aliphatic heterocycles. The minimum Gasteiger partial charge on any atom is -0.493 e. The Morgan fingerprint density at radius 1 is 1.21 bits per heavy atom. The van der Waals surface area contributed by atoms with Gasteiger partial charge in [0.1, 0.15) is 18.5 Å². The maximum absolute atomic E-state index is 12.1. The molecule has 1 aromatic rings. The van der Waals surface area contributed by atoms with Crippen LogP contribution in [0, 0.1) is 5.41 Å². The van der Waals surface area contributed by atoms with Crippen LogP contribution in [-0.4, -0.2) is 24.8 Å². The number of carbonyl (C=O) groups excluding carboxylic acids is 1. The van der Waals surface area contributed by atoms with E-state index in [0.717, 1.165) is 30.8 Å². The zero-order valence-corrected chi connectivity index (χ0v) is 15.8. The fourth-order valence-corrected chi connectivity index (χ4v) is 2.57. The van der Waals surface area contributed by atoms with Gasteiger partial charge in [-0.2, -0.15) is 0 Å². The first-order valence-corrected chi connectivity index (χ1v) is 8.67. The minimum absolute atomic E-state index is 0.215. The molecule has 4 heteroatoms. The van der Waals surface area contributed by atoms with Crippen LogP contribution in [0.2, 0.25) is 0 Å². The first-order valence-electron chi connectivity index (χ1n) is 8.67. The molecule has 1 heterocycles. The molecule has 4 nitrogen and oxygen atoms in total. The van der Waals surface area contributed by atoms with Crippen molar-refractivity contribution in [3.63, 3.8) is 0 Å². The quantitative estimate of drug-likeness (QED) is 0.763. The number of benzene rings is 1. The number of esters is 1. The molecule has 0 aromatic heterocycles. The predicted octanol–water partition coefficient (Wildman–Crippen LogP) is 4.46. The van der Waals surface area contributed by atoms with Crippen molar-refractivity contribution in [2.24, 2.45) is 5.41 Å². The predicted molar refractivity (Wildman–Crippen MR) is 94.3 cm³/mol. The van der Waals surface area contributed by atoms with Crippen LogP contribution in [0.4, 0.5) is 0 Å². The zero-order valence-electron chi connectivity index (χ0n) is 15.8. The zero-order chi connectivity index (χ0) is 18.0. The molecule has 1 atom stereocenters. The molecule has 0 bridgehead atoms. The molecule has 1 aliphatic rings. The van der Waals surface area contributed by atoms with Crippen LogP contribution < -0.4 is 4.74 Å². The highest BCUT2D eigenvalue weighted by molar-refractivity contribution is 5.75. The lowest BCUT2D eigenvalue weighted by Crippen LogP contribution is -2.29. The van der Waals surface area contributed by atoms with Crippen LogP contribution in [0.1, 0.15) is 65.2 Å².